The zero-order valence-electron chi connectivity index (χ0n) is 22.6. The molecule has 4 rings (SSSR count). The highest BCUT2D eigenvalue weighted by Crippen LogP contribution is 2.20. The lowest BCUT2D eigenvalue weighted by Gasteiger charge is -2.21. The summed E-state index contributed by atoms with van der Waals surface area (Å²) >= 11 is 0. The van der Waals surface area contributed by atoms with Crippen molar-refractivity contribution in [1.82, 2.24) is 34.3 Å². The molecule has 0 aliphatic heterocycles. The van der Waals surface area contributed by atoms with Gasteiger partial charge in [0.2, 0.25) is 0 Å². The average Bonchev–Trinajstić information content (AvgIpc) is 3.57. The molecule has 0 saturated heterocycles. The molecule has 1 aromatic carbocycles. The van der Waals surface area contributed by atoms with Gasteiger partial charge < -0.3 is 14.5 Å². The Bertz CT molecular complexity index is 1170. The molecule has 1 N–H and O–H groups in total. The van der Waals surface area contributed by atoms with Crippen molar-refractivity contribution in [2.45, 2.75) is 59.2 Å². The van der Waals surface area contributed by atoms with Gasteiger partial charge in [-0.15, -0.1) is 0 Å². The van der Waals surface area contributed by atoms with Crippen molar-refractivity contribution in [3.8, 4) is 11.3 Å². The van der Waals surface area contributed by atoms with Crippen molar-refractivity contribution in [1.29, 1.82) is 0 Å². The maximum atomic E-state index is 4.98. The summed E-state index contributed by atoms with van der Waals surface area (Å²) in [6.45, 7) is 10.3. The Morgan fingerprint density at radius 3 is 2.32 bits per heavy atom. The quantitative estimate of drug-likeness (QED) is 0.235. The number of imidazole rings is 2. The van der Waals surface area contributed by atoms with E-state index in [1.165, 1.54) is 37.2 Å². The normalized spacial score (nSPS) is 11.6. The second-order valence-corrected chi connectivity index (χ2v) is 9.79. The van der Waals surface area contributed by atoms with Crippen LogP contribution < -0.4 is 0 Å². The van der Waals surface area contributed by atoms with Gasteiger partial charge in [-0.1, -0.05) is 44.2 Å². The Morgan fingerprint density at radius 1 is 0.838 bits per heavy atom. The van der Waals surface area contributed by atoms with Gasteiger partial charge in [0.05, 0.1) is 18.8 Å². The molecule has 196 valence electrons. The second kappa shape index (κ2) is 13.9. The fourth-order valence-electron chi connectivity index (χ4n) is 4.78. The number of nitrogens with one attached hydrogen (secondary N) is 1. The minimum Gasteiger partial charge on any atom is -0.348 e. The van der Waals surface area contributed by atoms with Crippen molar-refractivity contribution in [2.24, 2.45) is 7.05 Å². The molecule has 0 aliphatic carbocycles. The summed E-state index contributed by atoms with van der Waals surface area (Å²) in [5.74, 6) is 2.00. The first-order chi connectivity index (χ1) is 18.1. The summed E-state index contributed by atoms with van der Waals surface area (Å²) in [6, 6.07) is 15.2. The molecule has 0 radical (unpaired) electrons. The molecule has 3 heterocycles. The van der Waals surface area contributed by atoms with Crippen LogP contribution in [0.25, 0.3) is 11.3 Å². The number of aryl methyl sites for hydroxylation is 2. The fourth-order valence-corrected chi connectivity index (χ4v) is 4.78. The van der Waals surface area contributed by atoms with Crippen LogP contribution in [0.1, 0.15) is 56.0 Å². The van der Waals surface area contributed by atoms with E-state index < -0.39 is 0 Å². The van der Waals surface area contributed by atoms with Crippen LogP contribution in [0.3, 0.4) is 0 Å². The van der Waals surface area contributed by atoms with Crippen LogP contribution in [-0.4, -0.2) is 53.9 Å². The number of H-pyrrole nitrogens is 1. The fraction of sp³-hybridized carbons (Fsp3) is 0.433. The molecule has 7 heteroatoms. The molecule has 3 aromatic heterocycles. The van der Waals surface area contributed by atoms with E-state index >= 15 is 0 Å². The van der Waals surface area contributed by atoms with E-state index in [4.69, 9.17) is 4.98 Å². The molecule has 4 aromatic rings. The summed E-state index contributed by atoms with van der Waals surface area (Å²) < 4.78 is 2.07. The van der Waals surface area contributed by atoms with Crippen LogP contribution in [0.2, 0.25) is 0 Å². The SMILES string of the molecule is CCCN(CCC)CCCc1cccc(-c2ccc(CN(Cc3ncc[nH]3)Cc3nccn3C)cc2)n1. The molecule has 37 heavy (non-hydrogen) atoms. The Balaban J connectivity index is 1.38. The minimum atomic E-state index is 0.735. The van der Waals surface area contributed by atoms with Crippen LogP contribution >= 0.6 is 0 Å². The first-order valence-corrected chi connectivity index (χ1v) is 13.6. The van der Waals surface area contributed by atoms with E-state index in [-0.39, 0.29) is 0 Å². The molecule has 7 nitrogen and oxygen atoms in total. The van der Waals surface area contributed by atoms with Crippen LogP contribution in [-0.2, 0) is 33.1 Å². The first kappa shape index (κ1) is 26.8. The van der Waals surface area contributed by atoms with E-state index in [9.17, 15) is 0 Å². The monoisotopic (exact) mass is 499 g/mol. The van der Waals surface area contributed by atoms with Crippen molar-refractivity contribution >= 4 is 0 Å². The summed E-state index contributed by atoms with van der Waals surface area (Å²) in [4.78, 5) is 22.1. The maximum Gasteiger partial charge on any atom is 0.122 e. The average molecular weight is 500 g/mol. The van der Waals surface area contributed by atoms with Gasteiger partial charge in [-0.25, -0.2) is 9.97 Å². The Morgan fingerprint density at radius 2 is 1.65 bits per heavy atom. The summed E-state index contributed by atoms with van der Waals surface area (Å²) in [5, 5.41) is 0. The number of benzene rings is 1. The van der Waals surface area contributed by atoms with E-state index in [1.807, 2.05) is 25.6 Å². The highest BCUT2D eigenvalue weighted by Gasteiger charge is 2.13. The van der Waals surface area contributed by atoms with Crippen LogP contribution in [0.15, 0.2) is 67.3 Å². The number of aromatic amines is 1. The molecule has 0 saturated carbocycles. The number of pyridine rings is 1. The van der Waals surface area contributed by atoms with E-state index in [1.54, 1.807) is 6.20 Å². The summed E-state index contributed by atoms with van der Waals surface area (Å²) in [7, 11) is 2.04. The van der Waals surface area contributed by atoms with Crippen molar-refractivity contribution < 1.29 is 0 Å². The Hall–Kier alpha value is -3.29. The highest BCUT2D eigenvalue weighted by molar-refractivity contribution is 5.59. The molecule has 0 bridgehead atoms. The van der Waals surface area contributed by atoms with Gasteiger partial charge in [-0.05, 0) is 63.0 Å². The lowest BCUT2D eigenvalue weighted by Crippen LogP contribution is -2.26. The largest absolute Gasteiger partial charge is 0.348 e. The molecule has 0 atom stereocenters. The summed E-state index contributed by atoms with van der Waals surface area (Å²) in [5.41, 5.74) is 4.64. The van der Waals surface area contributed by atoms with Gasteiger partial charge >= 0.3 is 0 Å². The lowest BCUT2D eigenvalue weighted by molar-refractivity contribution is 0.233. The number of aromatic nitrogens is 5. The smallest absolute Gasteiger partial charge is 0.122 e. The van der Waals surface area contributed by atoms with Crippen molar-refractivity contribution in [3.63, 3.8) is 0 Å². The van der Waals surface area contributed by atoms with Crippen LogP contribution in [0, 0.1) is 0 Å². The van der Waals surface area contributed by atoms with Gasteiger partial charge in [0.25, 0.3) is 0 Å². The number of hydrogen-bond acceptors (Lipinski definition) is 5. The van der Waals surface area contributed by atoms with E-state index in [0.29, 0.717) is 0 Å². The molecule has 0 fully saturated rings. The lowest BCUT2D eigenvalue weighted by atomic mass is 10.1. The zero-order valence-corrected chi connectivity index (χ0v) is 22.6. The standard InChI is InChI=1S/C30H41N7/c1-4-18-36(19-5-2)20-7-9-27-8-6-10-28(34-27)26-13-11-25(12-14-26)22-37(23-29-31-15-16-32-29)24-30-33-17-21-35(30)3/h6,8,10-17,21H,4-5,7,9,18-20,22-24H2,1-3H3,(H,31,32). The van der Waals surface area contributed by atoms with Gasteiger partial charge in [0, 0.05) is 49.6 Å². The summed E-state index contributed by atoms with van der Waals surface area (Å²) in [6.07, 6.45) is 12.1. The molecule has 0 amide bonds. The predicted octanol–water partition coefficient (Wildman–Crippen LogP) is 5.46. The van der Waals surface area contributed by atoms with Crippen LogP contribution in [0.4, 0.5) is 0 Å². The van der Waals surface area contributed by atoms with E-state index in [2.05, 4.69) is 85.6 Å². The molecule has 0 aliphatic rings. The van der Waals surface area contributed by atoms with Gasteiger partial charge in [0.15, 0.2) is 0 Å². The predicted molar refractivity (Wildman–Crippen MR) is 150 cm³/mol. The second-order valence-electron chi connectivity index (χ2n) is 9.79. The maximum absolute atomic E-state index is 4.98. The van der Waals surface area contributed by atoms with Gasteiger partial charge in [-0.3, -0.25) is 9.88 Å². The third-order valence-corrected chi connectivity index (χ3v) is 6.66. The third-order valence-electron chi connectivity index (χ3n) is 6.66. The van der Waals surface area contributed by atoms with E-state index in [0.717, 1.165) is 61.9 Å². The van der Waals surface area contributed by atoms with Crippen molar-refractivity contribution in [3.05, 3.63) is 90.2 Å². The third kappa shape index (κ3) is 8.10. The molecular formula is C30H41N7. The zero-order chi connectivity index (χ0) is 25.9. The Kier molecular flexibility index (Phi) is 10.0. The van der Waals surface area contributed by atoms with Gasteiger partial charge in [-0.2, -0.15) is 0 Å². The van der Waals surface area contributed by atoms with Crippen LogP contribution in [0.5, 0.6) is 0 Å². The highest BCUT2D eigenvalue weighted by atomic mass is 15.2. The topological polar surface area (TPSA) is 65.9 Å². The molecule has 0 unspecified atom stereocenters. The molecule has 0 spiro atoms. The first-order valence-electron chi connectivity index (χ1n) is 13.6. The molecular weight excluding hydrogens is 458 g/mol. The van der Waals surface area contributed by atoms with Gasteiger partial charge in [0.1, 0.15) is 11.6 Å². The Labute approximate surface area is 221 Å². The number of rotatable bonds is 15. The minimum absolute atomic E-state index is 0.735. The van der Waals surface area contributed by atoms with Crippen molar-refractivity contribution in [2.75, 3.05) is 19.6 Å². The number of hydrogen-bond donors (Lipinski definition) is 1. The number of nitrogens with zero attached hydrogens (tertiary/aromatic N) is 6.